The number of amides is 2. The van der Waals surface area contributed by atoms with E-state index in [2.05, 4.69) is 5.32 Å². The number of nitrogens with one attached hydrogen (secondary N) is 1. The van der Waals surface area contributed by atoms with Crippen LogP contribution >= 0.6 is 11.6 Å². The molecular weight excluding hydrogens is 327 g/mol. The van der Waals surface area contributed by atoms with Crippen molar-refractivity contribution in [3.8, 4) is 0 Å². The summed E-state index contributed by atoms with van der Waals surface area (Å²) in [6, 6.07) is 3.80. The second kappa shape index (κ2) is 9.67. The summed E-state index contributed by atoms with van der Waals surface area (Å²) in [7, 11) is 1.60. The number of aliphatic hydroxyl groups excluding tert-OH is 2. The summed E-state index contributed by atoms with van der Waals surface area (Å²) < 4.78 is 18.5. The van der Waals surface area contributed by atoms with E-state index in [0.29, 0.717) is 5.56 Å². The lowest BCUT2D eigenvalue weighted by Crippen LogP contribution is -2.44. The number of ether oxygens (including phenoxy) is 1. The number of carbonyl (C=O) groups is 1. The summed E-state index contributed by atoms with van der Waals surface area (Å²) in [5.41, 5.74) is 0.489. The highest BCUT2D eigenvalue weighted by Gasteiger charge is 2.17. The number of carbonyl (C=O) groups excluding carboxylic acids is 1. The van der Waals surface area contributed by atoms with Crippen molar-refractivity contribution in [3.63, 3.8) is 0 Å². The third kappa shape index (κ3) is 6.31. The largest absolute Gasteiger partial charge is 0.394 e. The summed E-state index contributed by atoms with van der Waals surface area (Å²) >= 11 is 5.83. The first-order chi connectivity index (χ1) is 10.9. The quantitative estimate of drug-likeness (QED) is 0.663. The minimum Gasteiger partial charge on any atom is -0.394 e. The molecule has 2 unspecified atom stereocenters. The zero-order chi connectivity index (χ0) is 17.4. The van der Waals surface area contributed by atoms with Gasteiger partial charge in [0.05, 0.1) is 30.9 Å². The van der Waals surface area contributed by atoms with E-state index >= 15 is 0 Å². The Labute approximate surface area is 139 Å². The highest BCUT2D eigenvalue weighted by Crippen LogP contribution is 2.19. The van der Waals surface area contributed by atoms with Gasteiger partial charge in [-0.3, -0.25) is 0 Å². The Hall–Kier alpha value is -1.41. The molecule has 130 valence electrons. The lowest BCUT2D eigenvalue weighted by atomic mass is 10.2. The molecule has 1 rings (SSSR count). The van der Waals surface area contributed by atoms with Gasteiger partial charge in [-0.05, 0) is 18.6 Å². The third-order valence-electron chi connectivity index (χ3n) is 3.32. The molecule has 0 aromatic heterocycles. The van der Waals surface area contributed by atoms with Crippen LogP contribution in [0.2, 0.25) is 5.02 Å². The SMILES string of the molecule is CC(COCC(O)CO)N(C)C(=O)NCc1cccc(F)c1Cl. The van der Waals surface area contributed by atoms with Crippen molar-refractivity contribution in [3.05, 3.63) is 34.6 Å². The summed E-state index contributed by atoms with van der Waals surface area (Å²) in [5.74, 6) is -0.532. The van der Waals surface area contributed by atoms with Gasteiger partial charge in [-0.25, -0.2) is 9.18 Å². The molecule has 3 N–H and O–H groups in total. The van der Waals surface area contributed by atoms with Crippen LogP contribution in [0.3, 0.4) is 0 Å². The predicted molar refractivity (Wildman–Crippen MR) is 84.8 cm³/mol. The first kappa shape index (κ1) is 19.6. The Morgan fingerprint density at radius 2 is 2.17 bits per heavy atom. The Morgan fingerprint density at radius 1 is 1.48 bits per heavy atom. The minimum absolute atomic E-state index is 0.00476. The Kier molecular flexibility index (Phi) is 8.25. The van der Waals surface area contributed by atoms with E-state index in [9.17, 15) is 9.18 Å². The maximum absolute atomic E-state index is 13.3. The third-order valence-corrected chi connectivity index (χ3v) is 3.75. The molecule has 0 fully saturated rings. The van der Waals surface area contributed by atoms with E-state index in [4.69, 9.17) is 26.6 Å². The van der Waals surface area contributed by atoms with Crippen LogP contribution in [0.25, 0.3) is 0 Å². The summed E-state index contributed by atoms with van der Waals surface area (Å²) in [4.78, 5) is 13.5. The highest BCUT2D eigenvalue weighted by molar-refractivity contribution is 6.31. The van der Waals surface area contributed by atoms with E-state index in [1.54, 1.807) is 20.0 Å². The summed E-state index contributed by atoms with van der Waals surface area (Å²) in [6.45, 7) is 1.71. The van der Waals surface area contributed by atoms with Gasteiger partial charge in [0.25, 0.3) is 0 Å². The first-order valence-electron chi connectivity index (χ1n) is 7.17. The van der Waals surface area contributed by atoms with Gasteiger partial charge in [0.2, 0.25) is 0 Å². The average Bonchev–Trinajstić information content (AvgIpc) is 2.54. The van der Waals surface area contributed by atoms with Crippen molar-refractivity contribution in [2.75, 3.05) is 26.9 Å². The van der Waals surface area contributed by atoms with Gasteiger partial charge in [0, 0.05) is 13.6 Å². The average molecular weight is 349 g/mol. The summed E-state index contributed by atoms with van der Waals surface area (Å²) in [6.07, 6.45) is -0.934. The van der Waals surface area contributed by atoms with Crippen LogP contribution in [-0.2, 0) is 11.3 Å². The number of hydrogen-bond donors (Lipinski definition) is 3. The van der Waals surface area contributed by atoms with Crippen LogP contribution in [-0.4, -0.2) is 60.2 Å². The normalized spacial score (nSPS) is 13.5. The molecule has 2 atom stereocenters. The molecule has 1 aromatic carbocycles. The molecule has 0 bridgehead atoms. The molecule has 1 aromatic rings. The zero-order valence-corrected chi connectivity index (χ0v) is 13.9. The van der Waals surface area contributed by atoms with Crippen LogP contribution in [0, 0.1) is 5.82 Å². The van der Waals surface area contributed by atoms with Crippen molar-refractivity contribution < 1.29 is 24.1 Å². The number of likely N-dealkylation sites (N-methyl/N-ethyl adjacent to an activating group) is 1. The molecule has 0 aliphatic heterocycles. The molecule has 6 nitrogen and oxygen atoms in total. The predicted octanol–water partition coefficient (Wildman–Crippen LogP) is 1.38. The molecule has 0 aliphatic carbocycles. The lowest BCUT2D eigenvalue weighted by Gasteiger charge is -2.25. The van der Waals surface area contributed by atoms with Gasteiger partial charge in [-0.1, -0.05) is 23.7 Å². The minimum atomic E-state index is -0.934. The Morgan fingerprint density at radius 3 is 2.83 bits per heavy atom. The van der Waals surface area contributed by atoms with E-state index in [0.717, 1.165) is 0 Å². The number of rotatable bonds is 8. The monoisotopic (exact) mass is 348 g/mol. The number of aliphatic hydroxyl groups is 2. The maximum atomic E-state index is 13.3. The van der Waals surface area contributed by atoms with Crippen LogP contribution < -0.4 is 5.32 Å². The van der Waals surface area contributed by atoms with Crippen LogP contribution in [0.15, 0.2) is 18.2 Å². The van der Waals surface area contributed by atoms with Gasteiger partial charge in [-0.2, -0.15) is 0 Å². The van der Waals surface area contributed by atoms with Gasteiger partial charge in [-0.15, -0.1) is 0 Å². The van der Waals surface area contributed by atoms with E-state index in [-0.39, 0.29) is 43.5 Å². The van der Waals surface area contributed by atoms with Crippen molar-refractivity contribution in [2.24, 2.45) is 0 Å². The van der Waals surface area contributed by atoms with Gasteiger partial charge < -0.3 is 25.2 Å². The lowest BCUT2D eigenvalue weighted by molar-refractivity contribution is -0.00560. The number of nitrogens with zero attached hydrogens (tertiary/aromatic N) is 1. The molecule has 0 saturated heterocycles. The fraction of sp³-hybridized carbons (Fsp3) is 0.533. The molecule has 0 radical (unpaired) electrons. The van der Waals surface area contributed by atoms with Crippen LogP contribution in [0.1, 0.15) is 12.5 Å². The number of halogens is 2. The molecule has 0 saturated carbocycles. The second-order valence-electron chi connectivity index (χ2n) is 5.21. The molecule has 2 amide bonds. The molecule has 8 heteroatoms. The van der Waals surface area contributed by atoms with Crippen LogP contribution in [0.5, 0.6) is 0 Å². The molecule has 0 spiro atoms. The van der Waals surface area contributed by atoms with Crippen molar-refractivity contribution in [2.45, 2.75) is 25.6 Å². The maximum Gasteiger partial charge on any atom is 0.317 e. The molecule has 0 heterocycles. The fourth-order valence-corrected chi connectivity index (χ4v) is 1.91. The van der Waals surface area contributed by atoms with E-state index < -0.39 is 11.9 Å². The van der Waals surface area contributed by atoms with E-state index in [1.807, 2.05) is 0 Å². The fourth-order valence-electron chi connectivity index (χ4n) is 1.72. The van der Waals surface area contributed by atoms with Crippen molar-refractivity contribution >= 4 is 17.6 Å². The highest BCUT2D eigenvalue weighted by atomic mass is 35.5. The molecule has 23 heavy (non-hydrogen) atoms. The number of hydrogen-bond acceptors (Lipinski definition) is 4. The summed E-state index contributed by atoms with van der Waals surface area (Å²) in [5, 5.41) is 20.5. The standard InChI is InChI=1S/C15H22ClFN2O4/c1-10(8-23-9-12(21)7-20)19(2)15(22)18-6-11-4-3-5-13(17)14(11)16/h3-5,10,12,20-21H,6-9H2,1-2H3,(H,18,22). The number of urea groups is 1. The first-order valence-corrected chi connectivity index (χ1v) is 7.54. The zero-order valence-electron chi connectivity index (χ0n) is 13.1. The van der Waals surface area contributed by atoms with Crippen LogP contribution in [0.4, 0.5) is 9.18 Å². The van der Waals surface area contributed by atoms with Gasteiger partial charge in [0.1, 0.15) is 11.9 Å². The van der Waals surface area contributed by atoms with Crippen molar-refractivity contribution in [1.29, 1.82) is 0 Å². The number of benzene rings is 1. The Bertz CT molecular complexity index is 518. The van der Waals surface area contributed by atoms with Gasteiger partial charge in [0.15, 0.2) is 0 Å². The van der Waals surface area contributed by atoms with Crippen molar-refractivity contribution in [1.82, 2.24) is 10.2 Å². The molecular formula is C15H22ClFN2O4. The topological polar surface area (TPSA) is 82.0 Å². The second-order valence-corrected chi connectivity index (χ2v) is 5.58. The van der Waals surface area contributed by atoms with Gasteiger partial charge >= 0.3 is 6.03 Å². The molecule has 0 aliphatic rings. The smallest absolute Gasteiger partial charge is 0.317 e. The van der Waals surface area contributed by atoms with E-state index in [1.165, 1.54) is 17.0 Å². The Balaban J connectivity index is 2.42.